The molecule has 4 rings (SSSR count). The van der Waals surface area contributed by atoms with Gasteiger partial charge in [-0.1, -0.05) is 18.7 Å². The molecule has 0 saturated heterocycles. The van der Waals surface area contributed by atoms with Crippen LogP contribution >= 0.6 is 0 Å². The molecule has 0 unspecified atom stereocenters. The van der Waals surface area contributed by atoms with Crippen LogP contribution in [0.3, 0.4) is 0 Å². The molecule has 2 aliphatic heterocycles. The normalized spacial score (nSPS) is 14.1. The Morgan fingerprint density at radius 2 is 1.38 bits per heavy atom. The summed E-state index contributed by atoms with van der Waals surface area (Å²) in [5.74, 6) is -2.36. The minimum Gasteiger partial charge on any atom is -0.508 e. The van der Waals surface area contributed by atoms with Crippen LogP contribution in [-0.2, 0) is 58.0 Å². The molecular weight excluding hydrogens is 849 g/mol. The summed E-state index contributed by atoms with van der Waals surface area (Å²) in [6, 6.07) is 7.74. The van der Waals surface area contributed by atoms with Crippen LogP contribution in [-0.4, -0.2) is 124 Å². The van der Waals surface area contributed by atoms with Crippen molar-refractivity contribution in [1.82, 2.24) is 21.3 Å². The molecule has 19 heteroatoms. The van der Waals surface area contributed by atoms with Crippen molar-refractivity contribution in [1.29, 1.82) is 0 Å². The van der Waals surface area contributed by atoms with Crippen LogP contribution < -0.4 is 26.0 Å². The summed E-state index contributed by atoms with van der Waals surface area (Å²) in [5, 5.41) is 30.9. The number of amides is 4. The quantitative estimate of drug-likeness (QED) is 0.0470. The third kappa shape index (κ3) is 15.1. The molecule has 0 fully saturated rings. The molecule has 65 heavy (non-hydrogen) atoms. The van der Waals surface area contributed by atoms with Gasteiger partial charge in [0.05, 0.1) is 45.5 Å². The van der Waals surface area contributed by atoms with E-state index in [1.54, 1.807) is 52.0 Å². The van der Waals surface area contributed by atoms with Crippen molar-refractivity contribution in [2.24, 2.45) is 0 Å². The lowest BCUT2D eigenvalue weighted by Gasteiger charge is -2.38. The highest BCUT2D eigenvalue weighted by atomic mass is 16.6. The predicted octanol–water partition coefficient (Wildman–Crippen LogP) is 3.85. The Bertz CT molecular complexity index is 2060. The van der Waals surface area contributed by atoms with Gasteiger partial charge in [0.25, 0.3) is 0 Å². The fourth-order valence-electron chi connectivity index (χ4n) is 6.84. The third-order valence-corrected chi connectivity index (χ3v) is 9.68. The summed E-state index contributed by atoms with van der Waals surface area (Å²) in [4.78, 5) is 75.3. The number of aromatic hydroxyl groups is 2. The average molecular weight is 909 g/mol. The largest absolute Gasteiger partial charge is 0.508 e. The molecule has 0 aliphatic carbocycles. The molecule has 354 valence electrons. The van der Waals surface area contributed by atoms with Gasteiger partial charge in [-0.3, -0.25) is 19.2 Å². The van der Waals surface area contributed by atoms with Crippen molar-refractivity contribution in [3.63, 3.8) is 0 Å². The molecule has 0 radical (unpaired) electrons. The fraction of sp³-hybridized carbons (Fsp3) is 0.478. The van der Waals surface area contributed by atoms with E-state index in [4.69, 9.17) is 28.4 Å². The number of carbonyl (C=O) groups excluding carboxylic acids is 6. The van der Waals surface area contributed by atoms with Crippen LogP contribution in [0, 0.1) is 0 Å². The topological polar surface area (TPSA) is 256 Å². The van der Waals surface area contributed by atoms with Gasteiger partial charge in [0, 0.05) is 61.6 Å². The third-order valence-electron chi connectivity index (χ3n) is 9.68. The van der Waals surface area contributed by atoms with Gasteiger partial charge in [-0.25, -0.2) is 9.59 Å². The van der Waals surface area contributed by atoms with E-state index in [1.807, 2.05) is 0 Å². The number of fused-ring (bicyclic) bond motifs is 4. The number of benzene rings is 2. The van der Waals surface area contributed by atoms with Gasteiger partial charge >= 0.3 is 18.0 Å². The smallest absolute Gasteiger partial charge is 0.408 e. The lowest BCUT2D eigenvalue weighted by molar-refractivity contribution is -0.145. The number of hydrogen-bond acceptors (Lipinski definition) is 15. The maximum atomic E-state index is 13.5. The predicted molar refractivity (Wildman–Crippen MR) is 234 cm³/mol. The van der Waals surface area contributed by atoms with E-state index in [-0.39, 0.29) is 59.6 Å². The van der Waals surface area contributed by atoms with E-state index < -0.39 is 47.7 Å². The first-order valence-electron chi connectivity index (χ1n) is 21.2. The number of nitrogens with one attached hydrogen (secondary N) is 4. The Hall–Kier alpha value is -6.44. The maximum Gasteiger partial charge on any atom is 0.408 e. The summed E-state index contributed by atoms with van der Waals surface area (Å²) >= 11 is 0. The van der Waals surface area contributed by atoms with E-state index in [9.17, 15) is 39.0 Å². The molecule has 2 aliphatic rings. The lowest BCUT2D eigenvalue weighted by Crippen LogP contribution is -2.49. The molecule has 6 N–H and O–H groups in total. The van der Waals surface area contributed by atoms with Crippen LogP contribution in [0.4, 0.5) is 4.79 Å². The van der Waals surface area contributed by atoms with Crippen LogP contribution in [0.15, 0.2) is 71.8 Å². The first-order valence-corrected chi connectivity index (χ1v) is 21.2. The van der Waals surface area contributed by atoms with Gasteiger partial charge in [-0.15, -0.1) is 0 Å². The second-order valence-electron chi connectivity index (χ2n) is 15.9. The van der Waals surface area contributed by atoms with E-state index in [0.29, 0.717) is 87.8 Å². The highest BCUT2D eigenvalue weighted by Gasteiger charge is 2.55. The van der Waals surface area contributed by atoms with E-state index in [0.717, 1.165) is 0 Å². The number of phenolic OH excluding ortho intramolecular Hbond substituents is 2. The number of ether oxygens (including phenoxy) is 7. The Morgan fingerprint density at radius 1 is 0.831 bits per heavy atom. The minimum absolute atomic E-state index is 0.0330. The molecule has 2 heterocycles. The van der Waals surface area contributed by atoms with Crippen molar-refractivity contribution in [2.45, 2.75) is 77.0 Å². The number of rotatable bonds is 25. The SMILES string of the molecule is C=C(CC(=O)NCCCOCCOCCOCCCNC(=O)CC[C@H](NC(=O)OC(C)(C)C)C(=O)NCC(=O)OC)C1=C(/C=C\C)C(=O)OC12c1ccc(O)cc1Oc1cc(O)ccc12. The Kier molecular flexibility index (Phi) is 19.4. The monoisotopic (exact) mass is 908 g/mol. The van der Waals surface area contributed by atoms with E-state index >= 15 is 0 Å². The van der Waals surface area contributed by atoms with Crippen molar-refractivity contribution < 1.29 is 72.1 Å². The van der Waals surface area contributed by atoms with Crippen molar-refractivity contribution in [2.75, 3.05) is 66.4 Å². The number of carbonyl (C=O) groups is 6. The first kappa shape index (κ1) is 51.2. The van der Waals surface area contributed by atoms with Crippen LogP contribution in [0.5, 0.6) is 23.0 Å². The molecule has 0 bridgehead atoms. The number of hydrogen-bond donors (Lipinski definition) is 6. The van der Waals surface area contributed by atoms with Crippen molar-refractivity contribution >= 4 is 35.8 Å². The van der Waals surface area contributed by atoms with Gasteiger partial charge in [-0.05, 0) is 76.8 Å². The van der Waals surface area contributed by atoms with Crippen LogP contribution in [0.1, 0.15) is 70.9 Å². The maximum absolute atomic E-state index is 13.5. The molecule has 1 spiro atoms. The summed E-state index contributed by atoms with van der Waals surface area (Å²) < 4.78 is 38.6. The van der Waals surface area contributed by atoms with Gasteiger partial charge in [0.15, 0.2) is 5.60 Å². The highest BCUT2D eigenvalue weighted by Crippen LogP contribution is 2.58. The van der Waals surface area contributed by atoms with Crippen molar-refractivity contribution in [3.05, 3.63) is 83.0 Å². The molecular formula is C46H60N4O15. The minimum atomic E-state index is -1.56. The second kappa shape index (κ2) is 24.6. The average Bonchev–Trinajstić information content (AvgIpc) is 3.52. The zero-order valence-electron chi connectivity index (χ0n) is 37.5. The number of allylic oxidation sites excluding steroid dienone is 1. The van der Waals surface area contributed by atoms with Gasteiger partial charge < -0.3 is 64.6 Å². The molecule has 0 saturated carbocycles. The lowest BCUT2D eigenvalue weighted by atomic mass is 9.74. The zero-order valence-corrected chi connectivity index (χ0v) is 37.5. The second-order valence-corrected chi connectivity index (χ2v) is 15.9. The molecule has 2 aromatic rings. The fourth-order valence-corrected chi connectivity index (χ4v) is 6.84. The van der Waals surface area contributed by atoms with Gasteiger partial charge in [0.1, 0.15) is 41.2 Å². The van der Waals surface area contributed by atoms with Crippen molar-refractivity contribution in [3.8, 4) is 23.0 Å². The first-order chi connectivity index (χ1) is 31.0. The summed E-state index contributed by atoms with van der Waals surface area (Å²) in [6.07, 6.45) is 3.25. The number of methoxy groups -OCH3 is 1. The molecule has 1 atom stereocenters. The van der Waals surface area contributed by atoms with Crippen LogP contribution in [0.2, 0.25) is 0 Å². The molecule has 19 nitrogen and oxygen atoms in total. The number of esters is 2. The summed E-state index contributed by atoms with van der Waals surface area (Å²) in [7, 11) is 1.18. The molecule has 4 amide bonds. The number of alkyl carbamates (subject to hydrolysis) is 1. The van der Waals surface area contributed by atoms with Gasteiger partial charge in [-0.2, -0.15) is 0 Å². The molecule has 2 aromatic carbocycles. The van der Waals surface area contributed by atoms with Crippen LogP contribution in [0.25, 0.3) is 0 Å². The highest BCUT2D eigenvalue weighted by molar-refractivity contribution is 5.99. The molecule has 0 aromatic heterocycles. The standard InChI is InChI=1S/C46H60N4O15/c1-7-10-32-41(46(64-43(32)57)33-13-11-30(51)26-36(33)63-37-27-31(52)12-14-34(37)46)29(2)25-39(54)48-18-9-20-61-22-24-62-23-21-60-19-8-17-47-38(53)16-15-35(42(56)49-28-40(55)59-6)50-44(58)65-45(3,4)5/h7,10-14,26-27,35,51-52H,2,8-9,15-25,28H2,1,3-6H3,(H,47,53)(H,48,54)(H,49,56)(H,50,58)/b10-7-/t35-/m0/s1. The van der Waals surface area contributed by atoms with E-state index in [2.05, 4.69) is 32.6 Å². The van der Waals surface area contributed by atoms with E-state index in [1.165, 1.54) is 31.4 Å². The number of phenols is 2. The Balaban J connectivity index is 1.09. The van der Waals surface area contributed by atoms with Gasteiger partial charge in [0.2, 0.25) is 17.7 Å². The Labute approximate surface area is 377 Å². The Morgan fingerprint density at radius 3 is 1.92 bits per heavy atom. The summed E-state index contributed by atoms with van der Waals surface area (Å²) in [5.41, 5.74) is -0.598. The summed E-state index contributed by atoms with van der Waals surface area (Å²) in [6.45, 7) is 13.3. The zero-order chi connectivity index (χ0) is 47.6.